The fourth-order valence-corrected chi connectivity index (χ4v) is 4.65. The average Bonchev–Trinajstić information content (AvgIpc) is 2.97. The van der Waals surface area contributed by atoms with Gasteiger partial charge >= 0.3 is 6.03 Å². The lowest BCUT2D eigenvalue weighted by Crippen LogP contribution is -2.57. The highest BCUT2D eigenvalue weighted by Crippen LogP contribution is 2.31. The first-order chi connectivity index (χ1) is 14.3. The van der Waals surface area contributed by atoms with Crippen molar-refractivity contribution in [2.24, 2.45) is 5.73 Å². The maximum absolute atomic E-state index is 13.2. The summed E-state index contributed by atoms with van der Waals surface area (Å²) < 4.78 is 5.80. The molecular weight excluding hydrogens is 388 g/mol. The van der Waals surface area contributed by atoms with Crippen molar-refractivity contribution in [2.75, 3.05) is 19.7 Å². The number of carbonyl (C=O) groups excluding carboxylic acids is 4. The van der Waals surface area contributed by atoms with E-state index in [1.54, 1.807) is 24.0 Å². The zero-order valence-corrected chi connectivity index (χ0v) is 16.9. The van der Waals surface area contributed by atoms with Crippen molar-refractivity contribution in [1.29, 1.82) is 0 Å². The van der Waals surface area contributed by atoms with Crippen LogP contribution < -0.4 is 11.1 Å². The summed E-state index contributed by atoms with van der Waals surface area (Å²) in [5.74, 6) is -1.41. The smallest absolute Gasteiger partial charge is 0.325 e. The number of hydrogen-bond donors (Lipinski definition) is 2. The third kappa shape index (κ3) is 3.43. The SMILES string of the molecule is CC1(c2cccc(C(N)=O)c2)NC(=O)N(CC(=O)N2CCOC3CCCCC32)C1=O. The molecule has 4 rings (SSSR count). The van der Waals surface area contributed by atoms with Crippen molar-refractivity contribution in [2.45, 2.75) is 50.3 Å². The number of amides is 5. The van der Waals surface area contributed by atoms with Crippen LogP contribution in [0.15, 0.2) is 24.3 Å². The summed E-state index contributed by atoms with van der Waals surface area (Å²) >= 11 is 0. The highest BCUT2D eigenvalue weighted by atomic mass is 16.5. The van der Waals surface area contributed by atoms with Crippen LogP contribution >= 0.6 is 0 Å². The second-order valence-corrected chi connectivity index (χ2v) is 8.24. The van der Waals surface area contributed by atoms with E-state index in [1.807, 2.05) is 0 Å². The molecule has 0 aromatic heterocycles. The Morgan fingerprint density at radius 1 is 1.27 bits per heavy atom. The number of carbonyl (C=O) groups is 4. The van der Waals surface area contributed by atoms with Gasteiger partial charge in [-0.3, -0.25) is 19.3 Å². The molecule has 0 radical (unpaired) electrons. The topological polar surface area (TPSA) is 122 Å². The standard InChI is InChI=1S/C21H26N4O5/c1-21(14-6-4-5-13(11-14)18(22)27)19(28)25(20(29)23-21)12-17(26)24-9-10-30-16-8-3-2-7-15(16)24/h4-6,11,15-16H,2-3,7-10,12H2,1H3,(H2,22,27)(H,23,29). The molecule has 0 bridgehead atoms. The molecule has 3 fully saturated rings. The van der Waals surface area contributed by atoms with Gasteiger partial charge in [0.05, 0.1) is 18.8 Å². The van der Waals surface area contributed by atoms with Gasteiger partial charge in [-0.1, -0.05) is 25.0 Å². The van der Waals surface area contributed by atoms with E-state index in [2.05, 4.69) is 5.32 Å². The third-order valence-electron chi connectivity index (χ3n) is 6.35. The number of nitrogens with two attached hydrogens (primary N) is 1. The summed E-state index contributed by atoms with van der Waals surface area (Å²) in [7, 11) is 0. The molecule has 1 saturated carbocycles. The molecule has 5 amide bonds. The molecule has 30 heavy (non-hydrogen) atoms. The quantitative estimate of drug-likeness (QED) is 0.703. The predicted octanol–water partition coefficient (Wildman–Crippen LogP) is 0.723. The summed E-state index contributed by atoms with van der Waals surface area (Å²) in [4.78, 5) is 53.0. The molecule has 2 saturated heterocycles. The fourth-order valence-electron chi connectivity index (χ4n) is 4.65. The Balaban J connectivity index is 1.52. The van der Waals surface area contributed by atoms with Crippen molar-refractivity contribution in [1.82, 2.24) is 15.1 Å². The van der Waals surface area contributed by atoms with Crippen molar-refractivity contribution in [3.63, 3.8) is 0 Å². The van der Waals surface area contributed by atoms with Gasteiger partial charge < -0.3 is 20.7 Å². The van der Waals surface area contributed by atoms with Crippen LogP contribution in [0.25, 0.3) is 0 Å². The summed E-state index contributed by atoms with van der Waals surface area (Å²) in [6, 6.07) is 5.64. The van der Waals surface area contributed by atoms with Gasteiger partial charge in [-0.2, -0.15) is 0 Å². The second kappa shape index (κ2) is 7.71. The molecule has 1 aliphatic carbocycles. The van der Waals surface area contributed by atoms with Crippen LogP contribution in [-0.2, 0) is 19.9 Å². The van der Waals surface area contributed by atoms with Gasteiger partial charge in [0.25, 0.3) is 5.91 Å². The minimum atomic E-state index is -1.37. The van der Waals surface area contributed by atoms with E-state index >= 15 is 0 Å². The number of morpholine rings is 1. The molecule has 2 heterocycles. The largest absolute Gasteiger partial charge is 0.374 e. The monoisotopic (exact) mass is 414 g/mol. The van der Waals surface area contributed by atoms with E-state index in [9.17, 15) is 19.2 Å². The number of imide groups is 1. The normalized spacial score (nSPS) is 28.8. The number of fused-ring (bicyclic) bond motifs is 1. The molecule has 9 nitrogen and oxygen atoms in total. The van der Waals surface area contributed by atoms with Crippen molar-refractivity contribution < 1.29 is 23.9 Å². The first-order valence-corrected chi connectivity index (χ1v) is 10.3. The Morgan fingerprint density at radius 2 is 2.03 bits per heavy atom. The maximum Gasteiger partial charge on any atom is 0.325 e. The van der Waals surface area contributed by atoms with Gasteiger partial charge in [0.2, 0.25) is 11.8 Å². The number of urea groups is 1. The lowest BCUT2D eigenvalue weighted by Gasteiger charge is -2.44. The van der Waals surface area contributed by atoms with Gasteiger partial charge in [-0.25, -0.2) is 4.79 Å². The highest BCUT2D eigenvalue weighted by molar-refractivity contribution is 6.09. The summed E-state index contributed by atoms with van der Waals surface area (Å²) in [5, 5.41) is 2.67. The number of primary amides is 1. The molecule has 2 aliphatic heterocycles. The molecule has 0 spiro atoms. The highest BCUT2D eigenvalue weighted by Gasteiger charge is 2.50. The minimum Gasteiger partial charge on any atom is -0.374 e. The Morgan fingerprint density at radius 3 is 2.80 bits per heavy atom. The summed E-state index contributed by atoms with van der Waals surface area (Å²) in [6.45, 7) is 2.16. The molecular formula is C21H26N4O5. The Hall–Kier alpha value is -2.94. The number of hydrogen-bond acceptors (Lipinski definition) is 5. The van der Waals surface area contributed by atoms with Crippen LogP contribution in [0.3, 0.4) is 0 Å². The number of rotatable bonds is 4. The molecule has 9 heteroatoms. The molecule has 3 aliphatic rings. The first-order valence-electron chi connectivity index (χ1n) is 10.3. The minimum absolute atomic E-state index is 0.000557. The van der Waals surface area contributed by atoms with Crippen molar-refractivity contribution in [3.8, 4) is 0 Å². The van der Waals surface area contributed by atoms with Crippen molar-refractivity contribution >= 4 is 23.8 Å². The third-order valence-corrected chi connectivity index (χ3v) is 6.35. The lowest BCUT2D eigenvalue weighted by atomic mass is 9.90. The average molecular weight is 414 g/mol. The lowest BCUT2D eigenvalue weighted by molar-refractivity contribution is -0.152. The molecule has 1 aromatic rings. The van der Waals surface area contributed by atoms with E-state index in [-0.39, 0.29) is 30.2 Å². The number of ether oxygens (including phenoxy) is 1. The van der Waals surface area contributed by atoms with E-state index in [4.69, 9.17) is 10.5 Å². The number of nitrogens with zero attached hydrogens (tertiary/aromatic N) is 2. The Bertz CT molecular complexity index is 901. The van der Waals surface area contributed by atoms with E-state index in [1.165, 1.54) is 12.1 Å². The molecule has 3 N–H and O–H groups in total. The van der Waals surface area contributed by atoms with E-state index in [0.717, 1.165) is 30.6 Å². The van der Waals surface area contributed by atoms with Crippen LogP contribution in [0.4, 0.5) is 4.79 Å². The van der Waals surface area contributed by atoms with Gasteiger partial charge in [0.15, 0.2) is 0 Å². The van der Waals surface area contributed by atoms with Gasteiger partial charge in [0, 0.05) is 12.1 Å². The first kappa shape index (κ1) is 20.3. The number of benzene rings is 1. The zero-order chi connectivity index (χ0) is 21.5. The molecule has 3 atom stereocenters. The van der Waals surface area contributed by atoms with Crippen LogP contribution in [0, 0.1) is 0 Å². The van der Waals surface area contributed by atoms with Crippen LogP contribution in [-0.4, -0.2) is 65.4 Å². The Labute approximate surface area is 174 Å². The van der Waals surface area contributed by atoms with E-state index < -0.39 is 23.4 Å². The fraction of sp³-hybridized carbons (Fsp3) is 0.524. The van der Waals surface area contributed by atoms with Gasteiger partial charge in [0.1, 0.15) is 12.1 Å². The Kier molecular flexibility index (Phi) is 5.23. The van der Waals surface area contributed by atoms with Crippen LogP contribution in [0.1, 0.15) is 48.5 Å². The molecule has 1 aromatic carbocycles. The van der Waals surface area contributed by atoms with Crippen molar-refractivity contribution in [3.05, 3.63) is 35.4 Å². The second-order valence-electron chi connectivity index (χ2n) is 8.24. The van der Waals surface area contributed by atoms with Gasteiger partial charge in [-0.05, 0) is 37.5 Å². The number of nitrogens with one attached hydrogen (secondary N) is 1. The zero-order valence-electron chi connectivity index (χ0n) is 16.9. The summed E-state index contributed by atoms with van der Waals surface area (Å²) in [6.07, 6.45) is 3.94. The van der Waals surface area contributed by atoms with Crippen LogP contribution in [0.5, 0.6) is 0 Å². The molecule has 3 unspecified atom stereocenters. The summed E-state index contributed by atoms with van der Waals surface area (Å²) in [5.41, 5.74) is 4.63. The van der Waals surface area contributed by atoms with E-state index in [0.29, 0.717) is 18.7 Å². The molecule has 160 valence electrons. The maximum atomic E-state index is 13.2. The van der Waals surface area contributed by atoms with Gasteiger partial charge in [-0.15, -0.1) is 0 Å². The predicted molar refractivity (Wildman–Crippen MR) is 106 cm³/mol. The van der Waals surface area contributed by atoms with Crippen LogP contribution in [0.2, 0.25) is 0 Å².